The van der Waals surface area contributed by atoms with E-state index in [1.54, 1.807) is 0 Å². The Morgan fingerprint density at radius 2 is 0.822 bits per heavy atom. The van der Waals surface area contributed by atoms with Crippen molar-refractivity contribution in [1.29, 1.82) is 0 Å². The van der Waals surface area contributed by atoms with Gasteiger partial charge >= 0.3 is 0 Å². The van der Waals surface area contributed by atoms with Crippen molar-refractivity contribution >= 4 is 22.8 Å². The molecule has 2 nitrogen and oxygen atoms in total. The van der Waals surface area contributed by atoms with Gasteiger partial charge in [0.1, 0.15) is 0 Å². The van der Waals surface area contributed by atoms with E-state index in [1.807, 2.05) is 12.1 Å². The molecule has 0 radical (unpaired) electrons. The van der Waals surface area contributed by atoms with Gasteiger partial charge in [0, 0.05) is 0 Å². The Balaban J connectivity index is 1.55. The topological polar surface area (TPSA) is 24.7 Å². The zero-order valence-corrected chi connectivity index (χ0v) is 29.5. The molecule has 0 aliphatic rings. The molecular weight excluding hydrogens is 544 g/mol. The van der Waals surface area contributed by atoms with E-state index < -0.39 is 0 Å². The number of para-hydroxylation sites is 2. The Kier molecular flexibility index (Phi) is 24.9. The molecule has 0 bridgehead atoms. The van der Waals surface area contributed by atoms with Crippen LogP contribution in [-0.4, -0.2) is 11.4 Å². The molecule has 0 fully saturated rings. The normalized spacial score (nSPS) is 12.4. The zero-order chi connectivity index (χ0) is 31.9. The third-order valence-corrected chi connectivity index (χ3v) is 8.84. The maximum absolute atomic E-state index is 5.04. The second-order valence-electron chi connectivity index (χ2n) is 13.1. The summed E-state index contributed by atoms with van der Waals surface area (Å²) in [4.78, 5) is 10.1. The van der Waals surface area contributed by atoms with E-state index in [2.05, 4.69) is 74.5 Å². The predicted octanol–water partition coefficient (Wildman–Crippen LogP) is 14.9. The maximum atomic E-state index is 5.04. The lowest BCUT2D eigenvalue weighted by Crippen LogP contribution is -2.11. The fraction of sp³-hybridized carbons (Fsp3) is 0.628. The zero-order valence-electron chi connectivity index (χ0n) is 29.5. The first-order chi connectivity index (χ1) is 22.3. The van der Waals surface area contributed by atoms with Crippen molar-refractivity contribution in [2.24, 2.45) is 9.98 Å². The Morgan fingerprint density at radius 1 is 0.444 bits per heavy atom. The van der Waals surface area contributed by atoms with Crippen LogP contribution in [0.15, 0.2) is 82.8 Å². The lowest BCUT2D eigenvalue weighted by atomic mass is 10.0. The monoisotopic (exact) mass is 613 g/mol. The van der Waals surface area contributed by atoms with Crippen molar-refractivity contribution in [3.05, 3.63) is 72.8 Å². The first-order valence-electron chi connectivity index (χ1n) is 19.3. The van der Waals surface area contributed by atoms with Gasteiger partial charge in [-0.2, -0.15) is 0 Å². The number of hydrogen-bond acceptors (Lipinski definition) is 2. The van der Waals surface area contributed by atoms with Crippen LogP contribution in [0.4, 0.5) is 11.4 Å². The number of hydrogen-bond donors (Lipinski definition) is 0. The van der Waals surface area contributed by atoms with Crippen LogP contribution in [0.25, 0.3) is 0 Å². The van der Waals surface area contributed by atoms with E-state index >= 15 is 0 Å². The van der Waals surface area contributed by atoms with Gasteiger partial charge in [-0.25, -0.2) is 4.99 Å². The quantitative estimate of drug-likeness (QED) is 0.0645. The molecule has 250 valence electrons. The largest absolute Gasteiger partial charge is 0.251 e. The SMILES string of the molecule is CCCCCCCCCCCCCCCCCCCCCCCC=CC(=Nc1ccccc1)C(CCCC)=Nc1ccccc1. The van der Waals surface area contributed by atoms with Crippen LogP contribution in [-0.2, 0) is 0 Å². The standard InChI is InChI=1S/C43H68N2/c1-3-5-7-8-9-10-11-12-13-14-15-16-17-18-19-20-21-22-23-24-25-26-33-39-43(45-41-36-31-28-32-37-41)42(38-6-4-2)44-40-34-29-27-30-35-40/h27-37,39H,3-26,38H2,1-2H3. The minimum atomic E-state index is 0.945. The summed E-state index contributed by atoms with van der Waals surface area (Å²) < 4.78 is 0. The fourth-order valence-corrected chi connectivity index (χ4v) is 5.97. The molecule has 0 aliphatic carbocycles. The second kappa shape index (κ2) is 29.0. The molecule has 0 atom stereocenters. The molecule has 45 heavy (non-hydrogen) atoms. The lowest BCUT2D eigenvalue weighted by molar-refractivity contribution is 0.520. The van der Waals surface area contributed by atoms with Crippen LogP contribution in [0.1, 0.15) is 174 Å². The number of allylic oxidation sites excluding steroid dienone is 2. The average Bonchev–Trinajstić information content (AvgIpc) is 3.07. The van der Waals surface area contributed by atoms with Gasteiger partial charge in [-0.05, 0) is 56.0 Å². The Labute approximate surface area is 279 Å². The Hall–Kier alpha value is -2.48. The van der Waals surface area contributed by atoms with E-state index in [0.29, 0.717) is 0 Å². The van der Waals surface area contributed by atoms with Crippen LogP contribution >= 0.6 is 0 Å². The van der Waals surface area contributed by atoms with Crippen molar-refractivity contribution in [3.8, 4) is 0 Å². The van der Waals surface area contributed by atoms with Crippen LogP contribution in [0.3, 0.4) is 0 Å². The van der Waals surface area contributed by atoms with Crippen LogP contribution in [0.2, 0.25) is 0 Å². The molecule has 2 aromatic rings. The van der Waals surface area contributed by atoms with Gasteiger partial charge in [0.2, 0.25) is 0 Å². The summed E-state index contributed by atoms with van der Waals surface area (Å²) in [6.45, 7) is 4.54. The molecule has 0 aliphatic heterocycles. The van der Waals surface area contributed by atoms with Crippen LogP contribution in [0.5, 0.6) is 0 Å². The van der Waals surface area contributed by atoms with Crippen LogP contribution in [0, 0.1) is 0 Å². The smallest absolute Gasteiger partial charge is 0.0848 e. The molecule has 0 saturated heterocycles. The number of nitrogens with zero attached hydrogens (tertiary/aromatic N) is 2. The van der Waals surface area contributed by atoms with Gasteiger partial charge < -0.3 is 0 Å². The molecule has 0 N–H and O–H groups in total. The highest BCUT2D eigenvalue weighted by molar-refractivity contribution is 6.47. The summed E-state index contributed by atoms with van der Waals surface area (Å²) in [6, 6.07) is 20.6. The highest BCUT2D eigenvalue weighted by Crippen LogP contribution is 2.18. The first-order valence-corrected chi connectivity index (χ1v) is 19.3. The molecule has 2 rings (SSSR count). The number of aliphatic imine (C=N–C) groups is 2. The lowest BCUT2D eigenvalue weighted by Gasteiger charge is -2.08. The van der Waals surface area contributed by atoms with Gasteiger partial charge in [-0.1, -0.05) is 191 Å². The van der Waals surface area contributed by atoms with E-state index in [0.717, 1.165) is 48.5 Å². The van der Waals surface area contributed by atoms with E-state index in [4.69, 9.17) is 9.98 Å². The fourth-order valence-electron chi connectivity index (χ4n) is 5.97. The molecule has 0 amide bonds. The summed E-state index contributed by atoms with van der Waals surface area (Å²) in [5.74, 6) is 0. The summed E-state index contributed by atoms with van der Waals surface area (Å²) in [5.41, 5.74) is 4.08. The maximum Gasteiger partial charge on any atom is 0.0848 e. The molecule has 0 unspecified atom stereocenters. The Morgan fingerprint density at radius 3 is 1.24 bits per heavy atom. The van der Waals surface area contributed by atoms with Gasteiger partial charge in [-0.3, -0.25) is 4.99 Å². The molecule has 0 heterocycles. The first kappa shape index (κ1) is 38.7. The van der Waals surface area contributed by atoms with Crippen molar-refractivity contribution in [3.63, 3.8) is 0 Å². The van der Waals surface area contributed by atoms with Crippen molar-refractivity contribution in [2.75, 3.05) is 0 Å². The third-order valence-electron chi connectivity index (χ3n) is 8.84. The van der Waals surface area contributed by atoms with E-state index in [-0.39, 0.29) is 0 Å². The van der Waals surface area contributed by atoms with Gasteiger partial charge in [0.25, 0.3) is 0 Å². The molecule has 0 aromatic heterocycles. The average molecular weight is 613 g/mol. The number of unbranched alkanes of at least 4 members (excludes halogenated alkanes) is 22. The molecule has 0 saturated carbocycles. The summed E-state index contributed by atoms with van der Waals surface area (Å²) in [6.07, 6.45) is 38.8. The number of benzene rings is 2. The summed E-state index contributed by atoms with van der Waals surface area (Å²) in [5, 5.41) is 0. The summed E-state index contributed by atoms with van der Waals surface area (Å²) >= 11 is 0. The molecule has 2 heteroatoms. The van der Waals surface area contributed by atoms with Crippen molar-refractivity contribution in [1.82, 2.24) is 0 Å². The summed E-state index contributed by atoms with van der Waals surface area (Å²) in [7, 11) is 0. The molecule has 2 aromatic carbocycles. The van der Waals surface area contributed by atoms with E-state index in [1.165, 1.54) is 135 Å². The van der Waals surface area contributed by atoms with Gasteiger partial charge in [0.15, 0.2) is 0 Å². The van der Waals surface area contributed by atoms with E-state index in [9.17, 15) is 0 Å². The van der Waals surface area contributed by atoms with Gasteiger partial charge in [0.05, 0.1) is 22.8 Å². The third kappa shape index (κ3) is 21.8. The minimum absolute atomic E-state index is 0.945. The Bertz CT molecular complexity index is 1000. The molecular formula is C43H68N2. The minimum Gasteiger partial charge on any atom is -0.251 e. The van der Waals surface area contributed by atoms with Gasteiger partial charge in [-0.15, -0.1) is 0 Å². The van der Waals surface area contributed by atoms with Crippen molar-refractivity contribution in [2.45, 2.75) is 174 Å². The highest BCUT2D eigenvalue weighted by Gasteiger charge is 2.08. The number of rotatable bonds is 29. The van der Waals surface area contributed by atoms with Crippen LogP contribution < -0.4 is 0 Å². The predicted molar refractivity (Wildman–Crippen MR) is 203 cm³/mol. The van der Waals surface area contributed by atoms with Crippen molar-refractivity contribution < 1.29 is 0 Å². The second-order valence-corrected chi connectivity index (χ2v) is 13.1. The molecule has 0 spiro atoms. The highest BCUT2D eigenvalue weighted by atomic mass is 14.8.